The molecule has 0 aromatic heterocycles. The second kappa shape index (κ2) is 7.31. The summed E-state index contributed by atoms with van der Waals surface area (Å²) in [6.07, 6.45) is 0. The molecule has 0 aliphatic rings. The zero-order chi connectivity index (χ0) is 14.4. The molecular formula is C15H14BrClN2O. The van der Waals surface area contributed by atoms with Gasteiger partial charge in [-0.15, -0.1) is 0 Å². The second-order valence-electron chi connectivity index (χ2n) is 4.26. The van der Waals surface area contributed by atoms with Gasteiger partial charge in [-0.2, -0.15) is 0 Å². The first-order chi connectivity index (χ1) is 9.65. The van der Waals surface area contributed by atoms with Crippen molar-refractivity contribution in [1.29, 1.82) is 0 Å². The molecular weight excluding hydrogens is 340 g/mol. The quantitative estimate of drug-likeness (QED) is 0.853. The van der Waals surface area contributed by atoms with Crippen molar-refractivity contribution in [3.8, 4) is 0 Å². The second-order valence-corrected chi connectivity index (χ2v) is 5.58. The van der Waals surface area contributed by atoms with Crippen LogP contribution in [0.25, 0.3) is 0 Å². The van der Waals surface area contributed by atoms with Gasteiger partial charge in [0.15, 0.2) is 0 Å². The first-order valence-electron chi connectivity index (χ1n) is 6.15. The van der Waals surface area contributed by atoms with E-state index in [1.165, 1.54) is 0 Å². The van der Waals surface area contributed by atoms with Gasteiger partial charge >= 0.3 is 6.03 Å². The van der Waals surface area contributed by atoms with E-state index in [1.807, 2.05) is 42.5 Å². The van der Waals surface area contributed by atoms with Crippen LogP contribution in [-0.2, 0) is 13.1 Å². The number of amides is 2. The molecule has 0 saturated carbocycles. The van der Waals surface area contributed by atoms with Crippen LogP contribution in [0.2, 0.25) is 5.02 Å². The maximum absolute atomic E-state index is 11.7. The fourth-order valence-electron chi connectivity index (χ4n) is 1.71. The summed E-state index contributed by atoms with van der Waals surface area (Å²) in [4.78, 5) is 11.7. The molecule has 0 aliphatic heterocycles. The molecule has 0 bridgehead atoms. The van der Waals surface area contributed by atoms with Crippen molar-refractivity contribution in [1.82, 2.24) is 10.6 Å². The molecule has 5 heteroatoms. The number of rotatable bonds is 4. The van der Waals surface area contributed by atoms with E-state index in [-0.39, 0.29) is 6.03 Å². The summed E-state index contributed by atoms with van der Waals surface area (Å²) < 4.78 is 0.994. The van der Waals surface area contributed by atoms with E-state index in [2.05, 4.69) is 26.6 Å². The molecule has 0 aliphatic carbocycles. The number of benzene rings is 2. The van der Waals surface area contributed by atoms with Gasteiger partial charge < -0.3 is 10.6 Å². The third-order valence-electron chi connectivity index (χ3n) is 2.74. The third-order valence-corrected chi connectivity index (χ3v) is 3.60. The van der Waals surface area contributed by atoms with E-state index < -0.39 is 0 Å². The van der Waals surface area contributed by atoms with Gasteiger partial charge in [-0.3, -0.25) is 0 Å². The van der Waals surface area contributed by atoms with Gasteiger partial charge in [0.05, 0.1) is 0 Å². The van der Waals surface area contributed by atoms with Gasteiger partial charge in [0.1, 0.15) is 0 Å². The molecule has 0 atom stereocenters. The minimum atomic E-state index is -0.218. The molecule has 0 radical (unpaired) electrons. The summed E-state index contributed by atoms with van der Waals surface area (Å²) in [6.45, 7) is 0.887. The van der Waals surface area contributed by atoms with E-state index in [1.54, 1.807) is 6.07 Å². The molecule has 0 heterocycles. The Morgan fingerprint density at radius 2 is 1.80 bits per heavy atom. The SMILES string of the molecule is O=C(NCc1cccc(Br)c1)NCc1ccccc1Cl. The normalized spacial score (nSPS) is 10.1. The number of hydrogen-bond donors (Lipinski definition) is 2. The molecule has 2 rings (SSSR count). The van der Waals surface area contributed by atoms with Crippen LogP contribution in [0.3, 0.4) is 0 Å². The summed E-state index contributed by atoms with van der Waals surface area (Å²) in [5.74, 6) is 0. The summed E-state index contributed by atoms with van der Waals surface area (Å²) in [5.41, 5.74) is 1.93. The third kappa shape index (κ3) is 4.54. The lowest BCUT2D eigenvalue weighted by Crippen LogP contribution is -2.34. The van der Waals surface area contributed by atoms with Crippen LogP contribution < -0.4 is 10.6 Å². The number of urea groups is 1. The Bertz CT molecular complexity index is 604. The van der Waals surface area contributed by atoms with Crippen LogP contribution in [-0.4, -0.2) is 6.03 Å². The summed E-state index contributed by atoms with van der Waals surface area (Å²) in [5, 5.41) is 6.23. The van der Waals surface area contributed by atoms with Crippen molar-refractivity contribution in [2.45, 2.75) is 13.1 Å². The predicted molar refractivity (Wildman–Crippen MR) is 84.7 cm³/mol. The Kier molecular flexibility index (Phi) is 5.44. The molecule has 2 amide bonds. The minimum Gasteiger partial charge on any atom is -0.334 e. The summed E-state index contributed by atoms with van der Waals surface area (Å²) in [7, 11) is 0. The Morgan fingerprint density at radius 3 is 2.55 bits per heavy atom. The molecule has 0 fully saturated rings. The maximum Gasteiger partial charge on any atom is 0.315 e. The van der Waals surface area contributed by atoms with Crippen LogP contribution >= 0.6 is 27.5 Å². The first-order valence-corrected chi connectivity index (χ1v) is 7.32. The fourth-order valence-corrected chi connectivity index (χ4v) is 2.36. The number of hydrogen-bond acceptors (Lipinski definition) is 1. The predicted octanol–water partition coefficient (Wildman–Crippen LogP) is 4.10. The largest absolute Gasteiger partial charge is 0.334 e. The highest BCUT2D eigenvalue weighted by molar-refractivity contribution is 9.10. The fraction of sp³-hybridized carbons (Fsp3) is 0.133. The topological polar surface area (TPSA) is 41.1 Å². The number of halogens is 2. The van der Waals surface area contributed by atoms with E-state index in [9.17, 15) is 4.79 Å². The van der Waals surface area contributed by atoms with Gasteiger partial charge in [0.2, 0.25) is 0 Å². The van der Waals surface area contributed by atoms with Crippen molar-refractivity contribution < 1.29 is 4.79 Å². The van der Waals surface area contributed by atoms with Crippen LogP contribution in [0.4, 0.5) is 4.79 Å². The van der Waals surface area contributed by atoms with Crippen molar-refractivity contribution in [2.75, 3.05) is 0 Å². The molecule has 104 valence electrons. The average molecular weight is 354 g/mol. The van der Waals surface area contributed by atoms with Crippen molar-refractivity contribution >= 4 is 33.6 Å². The molecule has 0 unspecified atom stereocenters. The zero-order valence-corrected chi connectivity index (χ0v) is 13.0. The van der Waals surface area contributed by atoms with Crippen LogP contribution in [0.5, 0.6) is 0 Å². The van der Waals surface area contributed by atoms with Crippen molar-refractivity contribution in [3.05, 3.63) is 69.2 Å². The lowest BCUT2D eigenvalue weighted by molar-refractivity contribution is 0.240. The maximum atomic E-state index is 11.7. The number of carbonyl (C=O) groups excluding carboxylic acids is 1. The standard InChI is InChI=1S/C15H14BrClN2O/c16-13-6-3-4-11(8-13)9-18-15(20)19-10-12-5-1-2-7-14(12)17/h1-8H,9-10H2,(H2,18,19,20). The van der Waals surface area contributed by atoms with Gasteiger partial charge in [-0.25, -0.2) is 4.79 Å². The van der Waals surface area contributed by atoms with Crippen LogP contribution in [0.15, 0.2) is 53.0 Å². The van der Waals surface area contributed by atoms with Crippen molar-refractivity contribution in [2.24, 2.45) is 0 Å². The molecule has 0 spiro atoms. The Hall–Kier alpha value is -1.52. The Morgan fingerprint density at radius 1 is 1.05 bits per heavy atom. The van der Waals surface area contributed by atoms with E-state index in [0.717, 1.165) is 15.6 Å². The Labute approximate surface area is 131 Å². The van der Waals surface area contributed by atoms with Crippen molar-refractivity contribution in [3.63, 3.8) is 0 Å². The van der Waals surface area contributed by atoms with E-state index in [4.69, 9.17) is 11.6 Å². The zero-order valence-electron chi connectivity index (χ0n) is 10.7. The monoisotopic (exact) mass is 352 g/mol. The molecule has 20 heavy (non-hydrogen) atoms. The molecule has 3 nitrogen and oxygen atoms in total. The van der Waals surface area contributed by atoms with E-state index in [0.29, 0.717) is 18.1 Å². The number of nitrogens with one attached hydrogen (secondary N) is 2. The molecule has 2 aromatic carbocycles. The lowest BCUT2D eigenvalue weighted by atomic mass is 10.2. The Balaban J connectivity index is 1.80. The highest BCUT2D eigenvalue weighted by atomic mass is 79.9. The summed E-state index contributed by atoms with van der Waals surface area (Å²) in [6, 6.07) is 15.0. The first kappa shape index (κ1) is 14.9. The highest BCUT2D eigenvalue weighted by Gasteiger charge is 2.03. The lowest BCUT2D eigenvalue weighted by Gasteiger charge is -2.09. The van der Waals surface area contributed by atoms with E-state index >= 15 is 0 Å². The number of carbonyl (C=O) groups is 1. The molecule has 2 N–H and O–H groups in total. The average Bonchev–Trinajstić information content (AvgIpc) is 2.44. The highest BCUT2D eigenvalue weighted by Crippen LogP contribution is 2.14. The smallest absolute Gasteiger partial charge is 0.315 e. The van der Waals surface area contributed by atoms with Crippen LogP contribution in [0, 0.1) is 0 Å². The van der Waals surface area contributed by atoms with Gasteiger partial charge in [-0.1, -0.05) is 57.9 Å². The van der Waals surface area contributed by atoms with Gasteiger partial charge in [0, 0.05) is 22.6 Å². The van der Waals surface area contributed by atoms with Crippen LogP contribution in [0.1, 0.15) is 11.1 Å². The molecule has 2 aromatic rings. The minimum absolute atomic E-state index is 0.218. The van der Waals surface area contributed by atoms with Gasteiger partial charge in [-0.05, 0) is 29.3 Å². The molecule has 0 saturated heterocycles. The van der Waals surface area contributed by atoms with Gasteiger partial charge in [0.25, 0.3) is 0 Å². The summed E-state index contributed by atoms with van der Waals surface area (Å²) >= 11 is 9.42.